The standard InChI is InChI=1S/C24H23F3N2O3/c1-22(31,21(30)29-17-9-7-16(8-10-17)20-28-13-14-32-20)15-23(11-4-12-23)18-5-2-3-6-19(18)24(25,26)27/h2-3,5-10,13-14,31H,4,11-12,15H2,1H3,(H,29,30). The van der Waals surface area contributed by atoms with Crippen LogP contribution in [0.2, 0.25) is 0 Å². The van der Waals surface area contributed by atoms with Gasteiger partial charge in [-0.1, -0.05) is 24.6 Å². The number of halogens is 3. The van der Waals surface area contributed by atoms with E-state index in [0.29, 0.717) is 24.4 Å². The minimum atomic E-state index is -4.50. The van der Waals surface area contributed by atoms with Gasteiger partial charge in [0, 0.05) is 11.3 Å². The van der Waals surface area contributed by atoms with Crippen molar-refractivity contribution in [3.8, 4) is 11.5 Å². The van der Waals surface area contributed by atoms with Crippen molar-refractivity contribution in [2.75, 3.05) is 5.32 Å². The number of rotatable bonds is 6. The first-order valence-electron chi connectivity index (χ1n) is 10.3. The zero-order valence-corrected chi connectivity index (χ0v) is 17.4. The first kappa shape index (κ1) is 22.1. The molecule has 1 aromatic heterocycles. The van der Waals surface area contributed by atoms with E-state index in [9.17, 15) is 23.1 Å². The molecule has 4 rings (SSSR count). The number of nitrogens with one attached hydrogen (secondary N) is 1. The Hall–Kier alpha value is -3.13. The summed E-state index contributed by atoms with van der Waals surface area (Å²) in [5.41, 5.74) is -2.16. The summed E-state index contributed by atoms with van der Waals surface area (Å²) in [6, 6.07) is 12.1. The van der Waals surface area contributed by atoms with Crippen LogP contribution in [0.15, 0.2) is 65.4 Å². The molecule has 168 valence electrons. The van der Waals surface area contributed by atoms with Crippen molar-refractivity contribution < 1.29 is 27.5 Å². The van der Waals surface area contributed by atoms with Gasteiger partial charge in [-0.25, -0.2) is 4.98 Å². The Labute approximate surface area is 183 Å². The summed E-state index contributed by atoms with van der Waals surface area (Å²) in [7, 11) is 0. The lowest BCUT2D eigenvalue weighted by molar-refractivity contribution is -0.140. The molecule has 1 aliphatic carbocycles. The smallest absolute Gasteiger partial charge is 0.416 e. The minimum Gasteiger partial charge on any atom is -0.445 e. The fourth-order valence-corrected chi connectivity index (χ4v) is 4.40. The zero-order valence-electron chi connectivity index (χ0n) is 17.4. The van der Waals surface area contributed by atoms with E-state index in [4.69, 9.17) is 4.42 Å². The highest BCUT2D eigenvalue weighted by Gasteiger charge is 2.49. The van der Waals surface area contributed by atoms with E-state index in [1.165, 1.54) is 31.5 Å². The van der Waals surface area contributed by atoms with Crippen molar-refractivity contribution >= 4 is 11.6 Å². The van der Waals surface area contributed by atoms with Crippen LogP contribution in [-0.2, 0) is 16.4 Å². The van der Waals surface area contributed by atoms with E-state index >= 15 is 0 Å². The van der Waals surface area contributed by atoms with Gasteiger partial charge in [-0.05, 0) is 67.5 Å². The van der Waals surface area contributed by atoms with Crippen molar-refractivity contribution in [3.63, 3.8) is 0 Å². The third-order valence-corrected chi connectivity index (χ3v) is 6.11. The third-order valence-electron chi connectivity index (χ3n) is 6.11. The molecule has 0 radical (unpaired) electrons. The van der Waals surface area contributed by atoms with E-state index in [-0.39, 0.29) is 12.0 Å². The monoisotopic (exact) mass is 444 g/mol. The summed E-state index contributed by atoms with van der Waals surface area (Å²) in [6.45, 7) is 1.35. The van der Waals surface area contributed by atoms with Gasteiger partial charge in [0.15, 0.2) is 0 Å². The van der Waals surface area contributed by atoms with E-state index < -0.39 is 28.7 Å². The number of hydrogen-bond donors (Lipinski definition) is 2. The number of nitrogens with zero attached hydrogens (tertiary/aromatic N) is 1. The van der Waals surface area contributed by atoms with E-state index in [0.717, 1.165) is 18.1 Å². The average molecular weight is 444 g/mol. The van der Waals surface area contributed by atoms with Crippen LogP contribution in [0.5, 0.6) is 0 Å². The second kappa shape index (κ2) is 8.09. The van der Waals surface area contributed by atoms with Crippen LogP contribution in [0.4, 0.5) is 18.9 Å². The summed E-state index contributed by atoms with van der Waals surface area (Å²) in [5.74, 6) is -0.234. The Bertz CT molecular complexity index is 1090. The lowest BCUT2D eigenvalue weighted by atomic mass is 9.59. The maximum absolute atomic E-state index is 13.6. The maximum Gasteiger partial charge on any atom is 0.416 e. The molecule has 2 aromatic carbocycles. The normalized spacial score (nSPS) is 17.3. The molecule has 1 amide bonds. The van der Waals surface area contributed by atoms with Gasteiger partial charge in [0.2, 0.25) is 5.89 Å². The topological polar surface area (TPSA) is 75.4 Å². The second-order valence-corrected chi connectivity index (χ2v) is 8.50. The van der Waals surface area contributed by atoms with E-state index in [1.807, 2.05) is 0 Å². The molecule has 0 bridgehead atoms. The molecule has 32 heavy (non-hydrogen) atoms. The number of hydrogen-bond acceptors (Lipinski definition) is 4. The Kier molecular flexibility index (Phi) is 5.58. The largest absolute Gasteiger partial charge is 0.445 e. The van der Waals surface area contributed by atoms with Crippen LogP contribution in [0.1, 0.15) is 43.7 Å². The number of aromatic nitrogens is 1. The van der Waals surface area contributed by atoms with Crippen molar-refractivity contribution in [2.24, 2.45) is 0 Å². The Morgan fingerprint density at radius 2 is 1.84 bits per heavy atom. The summed E-state index contributed by atoms with van der Waals surface area (Å²) < 4.78 is 46.0. The van der Waals surface area contributed by atoms with E-state index in [2.05, 4.69) is 10.3 Å². The molecule has 8 heteroatoms. The van der Waals surface area contributed by atoms with Crippen molar-refractivity contribution in [3.05, 3.63) is 72.1 Å². The van der Waals surface area contributed by atoms with Gasteiger partial charge in [0.05, 0.1) is 11.8 Å². The molecule has 5 nitrogen and oxygen atoms in total. The molecule has 1 aliphatic rings. The van der Waals surface area contributed by atoms with Gasteiger partial charge in [0.25, 0.3) is 5.91 Å². The highest BCUT2D eigenvalue weighted by molar-refractivity contribution is 5.97. The highest BCUT2D eigenvalue weighted by atomic mass is 19.4. The third kappa shape index (κ3) is 4.27. The molecular weight excluding hydrogens is 421 g/mol. The molecular formula is C24H23F3N2O3. The lowest BCUT2D eigenvalue weighted by Crippen LogP contribution is -2.49. The molecule has 0 spiro atoms. The summed E-state index contributed by atoms with van der Waals surface area (Å²) in [5, 5.41) is 13.6. The Morgan fingerprint density at radius 1 is 1.16 bits per heavy atom. The first-order chi connectivity index (χ1) is 15.1. The molecule has 0 aliphatic heterocycles. The number of aliphatic hydroxyl groups is 1. The maximum atomic E-state index is 13.6. The minimum absolute atomic E-state index is 0.104. The van der Waals surface area contributed by atoms with Crippen molar-refractivity contribution in [1.29, 1.82) is 0 Å². The van der Waals surface area contributed by atoms with Crippen LogP contribution < -0.4 is 5.32 Å². The van der Waals surface area contributed by atoms with E-state index in [1.54, 1.807) is 30.3 Å². The number of oxazole rings is 1. The second-order valence-electron chi connectivity index (χ2n) is 8.50. The lowest BCUT2D eigenvalue weighted by Gasteiger charge is -2.47. The van der Waals surface area contributed by atoms with Crippen molar-refractivity contribution in [1.82, 2.24) is 4.98 Å². The molecule has 2 N–H and O–H groups in total. The highest BCUT2D eigenvalue weighted by Crippen LogP contribution is 2.52. The summed E-state index contributed by atoms with van der Waals surface area (Å²) in [4.78, 5) is 16.9. The molecule has 1 atom stereocenters. The van der Waals surface area contributed by atoms with Gasteiger partial charge in [-0.3, -0.25) is 4.79 Å². The number of carbonyl (C=O) groups excluding carboxylic acids is 1. The Morgan fingerprint density at radius 3 is 2.41 bits per heavy atom. The number of benzene rings is 2. The molecule has 3 aromatic rings. The fourth-order valence-electron chi connectivity index (χ4n) is 4.40. The summed E-state index contributed by atoms with van der Waals surface area (Å²) in [6.07, 6.45) is 0.0744. The SMILES string of the molecule is CC(O)(CC1(c2ccccc2C(F)(F)F)CCC1)C(=O)Nc1ccc(-c2ncco2)cc1. The van der Waals surface area contributed by atoms with Gasteiger partial charge in [0.1, 0.15) is 11.9 Å². The molecule has 1 heterocycles. The van der Waals surface area contributed by atoms with Crippen LogP contribution in [0.25, 0.3) is 11.5 Å². The van der Waals surface area contributed by atoms with Crippen LogP contribution in [0.3, 0.4) is 0 Å². The van der Waals surface area contributed by atoms with Gasteiger partial charge >= 0.3 is 6.18 Å². The molecule has 0 saturated heterocycles. The van der Waals surface area contributed by atoms with Crippen LogP contribution >= 0.6 is 0 Å². The van der Waals surface area contributed by atoms with Gasteiger partial charge in [-0.2, -0.15) is 13.2 Å². The Balaban J connectivity index is 1.52. The van der Waals surface area contributed by atoms with Crippen molar-refractivity contribution in [2.45, 2.75) is 49.8 Å². The number of anilines is 1. The molecule has 1 fully saturated rings. The van der Waals surface area contributed by atoms with Crippen LogP contribution in [-0.4, -0.2) is 21.6 Å². The van der Waals surface area contributed by atoms with Gasteiger partial charge < -0.3 is 14.8 Å². The first-order valence-corrected chi connectivity index (χ1v) is 10.3. The molecule has 1 saturated carbocycles. The fraction of sp³-hybridized carbons (Fsp3) is 0.333. The average Bonchev–Trinajstić information content (AvgIpc) is 3.25. The zero-order chi connectivity index (χ0) is 23.0. The molecule has 1 unspecified atom stereocenters. The predicted molar refractivity (Wildman–Crippen MR) is 113 cm³/mol. The number of alkyl halides is 3. The number of carbonyl (C=O) groups is 1. The summed E-state index contributed by atoms with van der Waals surface area (Å²) >= 11 is 0. The quantitative estimate of drug-likeness (QED) is 0.522. The van der Waals surface area contributed by atoms with Gasteiger partial charge in [-0.15, -0.1) is 0 Å². The predicted octanol–water partition coefficient (Wildman–Crippen LogP) is 5.56. The number of amides is 1. The van der Waals surface area contributed by atoms with Crippen LogP contribution in [0, 0.1) is 0 Å².